The fraction of sp³-hybridized carbons (Fsp3) is 0.0789. The molecule has 5 aromatic carbocycles. The summed E-state index contributed by atoms with van der Waals surface area (Å²) in [5.41, 5.74) is 9.80. The number of fused-ring (bicyclic) bond motifs is 7. The summed E-state index contributed by atoms with van der Waals surface area (Å²) >= 11 is 0. The summed E-state index contributed by atoms with van der Waals surface area (Å²) < 4.78 is 2.21. The zero-order valence-corrected chi connectivity index (χ0v) is 23.3. The molecule has 0 saturated carbocycles. The lowest BCUT2D eigenvalue weighted by Crippen LogP contribution is -2.14. The Morgan fingerprint density at radius 3 is 2.07 bits per heavy atom. The van der Waals surface area contributed by atoms with Crippen LogP contribution >= 0.6 is 0 Å². The van der Waals surface area contributed by atoms with Crippen molar-refractivity contribution in [3.8, 4) is 45.7 Å². The Kier molecular flexibility index (Phi) is 5.20. The molecule has 0 spiro atoms. The van der Waals surface area contributed by atoms with Crippen LogP contribution in [0.25, 0.3) is 61.4 Å². The van der Waals surface area contributed by atoms with Gasteiger partial charge in [0, 0.05) is 32.9 Å². The predicted octanol–water partition coefficient (Wildman–Crippen LogP) is 9.09. The van der Waals surface area contributed by atoms with E-state index in [1.165, 1.54) is 22.3 Å². The van der Waals surface area contributed by atoms with Crippen molar-refractivity contribution in [3.63, 3.8) is 0 Å². The molecular weight excluding hydrogens is 512 g/mol. The van der Waals surface area contributed by atoms with Crippen molar-refractivity contribution in [2.24, 2.45) is 0 Å². The van der Waals surface area contributed by atoms with E-state index in [4.69, 9.17) is 9.97 Å². The molecule has 2 aromatic heterocycles. The van der Waals surface area contributed by atoms with Crippen molar-refractivity contribution in [3.05, 3.63) is 138 Å². The molecule has 1 aliphatic rings. The van der Waals surface area contributed by atoms with Crippen LogP contribution in [0.2, 0.25) is 0 Å². The lowest BCUT2D eigenvalue weighted by atomic mass is 9.82. The van der Waals surface area contributed by atoms with Gasteiger partial charge in [-0.3, -0.25) is 4.57 Å². The van der Waals surface area contributed by atoms with Crippen LogP contribution < -0.4 is 0 Å². The summed E-state index contributed by atoms with van der Waals surface area (Å²) in [5.74, 6) is 1.18. The van der Waals surface area contributed by atoms with Crippen molar-refractivity contribution < 1.29 is 0 Å². The third kappa shape index (κ3) is 3.34. The summed E-state index contributed by atoms with van der Waals surface area (Å²) in [7, 11) is 0. The first-order chi connectivity index (χ1) is 20.6. The highest BCUT2D eigenvalue weighted by Gasteiger charge is 2.38. The Labute approximate surface area is 244 Å². The van der Waals surface area contributed by atoms with E-state index in [2.05, 4.69) is 85.1 Å². The molecule has 4 heteroatoms. The molecule has 0 saturated heterocycles. The van der Waals surface area contributed by atoms with Gasteiger partial charge in [0.05, 0.1) is 16.7 Å². The summed E-state index contributed by atoms with van der Waals surface area (Å²) in [5, 5.41) is 13.0. The quantitative estimate of drug-likeness (QED) is 0.225. The second-order valence-electron chi connectivity index (χ2n) is 11.3. The fourth-order valence-electron chi connectivity index (χ4n) is 6.70. The molecule has 0 fully saturated rings. The standard InChI is InChI=1S/C38H26N4/c1-38(2)30-19-11-9-18-28(30)33-31(38)22-21-27-26-17-10-12-20-32(26)42(35(27)33)37-29(23-39)34(24-13-5-3-6-14-24)40-36(41-37)25-15-7-4-8-16-25/h3-22H,1-2H3. The van der Waals surface area contributed by atoms with Crippen LogP contribution in [0.1, 0.15) is 30.5 Å². The molecule has 7 aromatic rings. The highest BCUT2D eigenvalue weighted by molar-refractivity contribution is 6.15. The monoisotopic (exact) mass is 538 g/mol. The number of benzene rings is 5. The molecule has 0 N–H and O–H groups in total. The molecule has 8 rings (SSSR count). The molecule has 198 valence electrons. The maximum atomic E-state index is 10.8. The van der Waals surface area contributed by atoms with Gasteiger partial charge in [-0.25, -0.2) is 9.97 Å². The number of rotatable bonds is 3. The zero-order chi connectivity index (χ0) is 28.4. The van der Waals surface area contributed by atoms with Crippen LogP contribution in [-0.4, -0.2) is 14.5 Å². The molecule has 0 amide bonds. The van der Waals surface area contributed by atoms with E-state index in [-0.39, 0.29) is 5.41 Å². The van der Waals surface area contributed by atoms with E-state index in [1.807, 2.05) is 60.7 Å². The molecular formula is C38H26N4. The first-order valence-corrected chi connectivity index (χ1v) is 14.2. The van der Waals surface area contributed by atoms with Gasteiger partial charge in [-0.05, 0) is 22.8 Å². The molecule has 1 aliphatic carbocycles. The summed E-state index contributed by atoms with van der Waals surface area (Å²) in [6.07, 6.45) is 0. The summed E-state index contributed by atoms with van der Waals surface area (Å²) in [4.78, 5) is 10.2. The molecule has 0 atom stereocenters. The van der Waals surface area contributed by atoms with E-state index < -0.39 is 0 Å². The fourth-order valence-corrected chi connectivity index (χ4v) is 6.70. The first-order valence-electron chi connectivity index (χ1n) is 14.2. The third-order valence-corrected chi connectivity index (χ3v) is 8.67. The van der Waals surface area contributed by atoms with Crippen LogP contribution in [0, 0.1) is 11.3 Å². The number of hydrogen-bond acceptors (Lipinski definition) is 3. The van der Waals surface area contributed by atoms with Gasteiger partial charge in [0.25, 0.3) is 0 Å². The first kappa shape index (κ1) is 24.3. The second kappa shape index (κ2) is 8.99. The third-order valence-electron chi connectivity index (χ3n) is 8.67. The Morgan fingerprint density at radius 2 is 1.31 bits per heavy atom. The van der Waals surface area contributed by atoms with E-state index in [1.54, 1.807) is 0 Å². The number of nitriles is 1. The van der Waals surface area contributed by atoms with E-state index in [0.29, 0.717) is 22.9 Å². The Hall–Kier alpha value is -5.53. The van der Waals surface area contributed by atoms with Gasteiger partial charge in [0.1, 0.15) is 11.6 Å². The highest BCUT2D eigenvalue weighted by Crippen LogP contribution is 2.53. The number of hydrogen-bond donors (Lipinski definition) is 0. The van der Waals surface area contributed by atoms with E-state index in [0.717, 1.165) is 32.9 Å². The second-order valence-corrected chi connectivity index (χ2v) is 11.3. The molecule has 0 bridgehead atoms. The van der Waals surface area contributed by atoms with Gasteiger partial charge in [-0.2, -0.15) is 5.26 Å². The molecule has 0 radical (unpaired) electrons. The van der Waals surface area contributed by atoms with Crippen molar-refractivity contribution in [1.29, 1.82) is 5.26 Å². The van der Waals surface area contributed by atoms with Crippen LogP contribution in [0.5, 0.6) is 0 Å². The molecule has 2 heterocycles. The largest absolute Gasteiger partial charge is 0.292 e. The van der Waals surface area contributed by atoms with Crippen LogP contribution in [0.4, 0.5) is 0 Å². The number of nitrogens with zero attached hydrogens (tertiary/aromatic N) is 4. The minimum Gasteiger partial charge on any atom is -0.292 e. The normalized spacial score (nSPS) is 13.2. The van der Waals surface area contributed by atoms with Gasteiger partial charge in [-0.1, -0.05) is 129 Å². The maximum Gasteiger partial charge on any atom is 0.162 e. The van der Waals surface area contributed by atoms with Gasteiger partial charge in [-0.15, -0.1) is 0 Å². The highest BCUT2D eigenvalue weighted by atomic mass is 15.1. The zero-order valence-electron chi connectivity index (χ0n) is 23.3. The molecule has 0 aliphatic heterocycles. The molecule has 42 heavy (non-hydrogen) atoms. The van der Waals surface area contributed by atoms with Gasteiger partial charge < -0.3 is 0 Å². The summed E-state index contributed by atoms with van der Waals surface area (Å²) in [6, 6.07) is 44.1. The maximum absolute atomic E-state index is 10.8. The molecule has 0 unspecified atom stereocenters. The summed E-state index contributed by atoms with van der Waals surface area (Å²) in [6.45, 7) is 4.59. The van der Waals surface area contributed by atoms with Crippen LogP contribution in [0.15, 0.2) is 121 Å². The topological polar surface area (TPSA) is 54.5 Å². The Balaban J connectivity index is 1.58. The van der Waals surface area contributed by atoms with Gasteiger partial charge >= 0.3 is 0 Å². The van der Waals surface area contributed by atoms with Gasteiger partial charge in [0.15, 0.2) is 11.6 Å². The van der Waals surface area contributed by atoms with Crippen molar-refractivity contribution in [1.82, 2.24) is 14.5 Å². The minimum atomic E-state index is -0.157. The average Bonchev–Trinajstić information content (AvgIpc) is 3.50. The van der Waals surface area contributed by atoms with Crippen LogP contribution in [-0.2, 0) is 5.41 Å². The van der Waals surface area contributed by atoms with Crippen molar-refractivity contribution in [2.75, 3.05) is 0 Å². The van der Waals surface area contributed by atoms with Crippen molar-refractivity contribution in [2.45, 2.75) is 19.3 Å². The van der Waals surface area contributed by atoms with E-state index in [9.17, 15) is 5.26 Å². The minimum absolute atomic E-state index is 0.157. The average molecular weight is 539 g/mol. The van der Waals surface area contributed by atoms with Crippen molar-refractivity contribution >= 4 is 21.8 Å². The lowest BCUT2D eigenvalue weighted by Gasteiger charge is -2.21. The SMILES string of the molecule is CC1(C)c2ccccc2-c2c1ccc1c3ccccc3n(-c3nc(-c4ccccc4)nc(-c4ccccc4)c3C#N)c21. The van der Waals surface area contributed by atoms with Gasteiger partial charge in [0.2, 0.25) is 0 Å². The van der Waals surface area contributed by atoms with E-state index >= 15 is 0 Å². The smallest absolute Gasteiger partial charge is 0.162 e. The lowest BCUT2D eigenvalue weighted by molar-refractivity contribution is 0.661. The Bertz CT molecular complexity index is 2220. The predicted molar refractivity (Wildman–Crippen MR) is 170 cm³/mol. The number of para-hydroxylation sites is 1. The Morgan fingerprint density at radius 1 is 0.643 bits per heavy atom. The van der Waals surface area contributed by atoms with Crippen LogP contribution in [0.3, 0.4) is 0 Å². The number of aromatic nitrogens is 3. The molecule has 4 nitrogen and oxygen atoms in total.